The van der Waals surface area contributed by atoms with Gasteiger partial charge in [-0.05, 0) is 45.0 Å². The van der Waals surface area contributed by atoms with Crippen LogP contribution in [0.1, 0.15) is 18.1 Å². The number of benzene rings is 2. The van der Waals surface area contributed by atoms with Gasteiger partial charge in [0.1, 0.15) is 5.75 Å². The van der Waals surface area contributed by atoms with Gasteiger partial charge in [-0.3, -0.25) is 4.79 Å². The summed E-state index contributed by atoms with van der Waals surface area (Å²) >= 11 is 1.73. The molecule has 1 atom stereocenters. The van der Waals surface area contributed by atoms with E-state index in [1.165, 1.54) is 16.0 Å². The Morgan fingerprint density at radius 1 is 1.04 bits per heavy atom. The second-order valence-corrected chi connectivity index (χ2v) is 6.69. The molecule has 1 N–H and O–H groups in total. The Bertz CT molecular complexity index is 623. The van der Waals surface area contributed by atoms with Crippen molar-refractivity contribution in [2.24, 2.45) is 0 Å². The molecule has 2 aromatic carbocycles. The molecule has 0 aliphatic carbocycles. The third kappa shape index (κ3) is 5.99. The maximum absolute atomic E-state index is 12.0. The van der Waals surface area contributed by atoms with E-state index in [1.54, 1.807) is 18.7 Å². The average Bonchev–Trinajstić information content (AvgIpc) is 2.55. The van der Waals surface area contributed by atoms with Crippen molar-refractivity contribution < 1.29 is 9.53 Å². The minimum atomic E-state index is -0.498. The predicted molar refractivity (Wildman–Crippen MR) is 96.2 cm³/mol. The molecule has 2 aromatic rings. The average molecular weight is 329 g/mol. The lowest BCUT2D eigenvalue weighted by Crippen LogP contribution is -2.37. The summed E-state index contributed by atoms with van der Waals surface area (Å²) in [5.74, 6) is 1.47. The van der Waals surface area contributed by atoms with E-state index in [2.05, 4.69) is 36.5 Å². The highest BCUT2D eigenvalue weighted by Crippen LogP contribution is 2.17. The van der Waals surface area contributed by atoms with Gasteiger partial charge in [-0.2, -0.15) is 0 Å². The normalized spacial score (nSPS) is 11.8. The first-order valence-electron chi connectivity index (χ1n) is 7.75. The first-order valence-corrected chi connectivity index (χ1v) is 8.73. The van der Waals surface area contributed by atoms with Gasteiger partial charge >= 0.3 is 0 Å². The van der Waals surface area contributed by atoms with E-state index in [0.29, 0.717) is 12.3 Å². The van der Waals surface area contributed by atoms with Gasteiger partial charge in [0.05, 0.1) is 0 Å². The van der Waals surface area contributed by atoms with Crippen LogP contribution in [0.25, 0.3) is 0 Å². The van der Waals surface area contributed by atoms with Crippen LogP contribution in [0.15, 0.2) is 53.4 Å². The van der Waals surface area contributed by atoms with Crippen molar-refractivity contribution in [1.29, 1.82) is 0 Å². The van der Waals surface area contributed by atoms with Crippen molar-refractivity contribution >= 4 is 17.7 Å². The lowest BCUT2D eigenvalue weighted by atomic mass is 10.2. The lowest BCUT2D eigenvalue weighted by Gasteiger charge is -2.14. The molecule has 0 aliphatic rings. The number of hydrogen-bond acceptors (Lipinski definition) is 3. The monoisotopic (exact) mass is 329 g/mol. The zero-order valence-corrected chi connectivity index (χ0v) is 14.7. The van der Waals surface area contributed by atoms with Crippen LogP contribution in [0.3, 0.4) is 0 Å². The topological polar surface area (TPSA) is 38.3 Å². The minimum Gasteiger partial charge on any atom is -0.481 e. The van der Waals surface area contributed by atoms with Crippen molar-refractivity contribution in [3.63, 3.8) is 0 Å². The third-order valence-electron chi connectivity index (χ3n) is 3.39. The van der Waals surface area contributed by atoms with Crippen LogP contribution in [0.5, 0.6) is 5.75 Å². The molecule has 0 heterocycles. The quantitative estimate of drug-likeness (QED) is 0.617. The largest absolute Gasteiger partial charge is 0.481 e. The fraction of sp³-hybridized carbons (Fsp3) is 0.316. The van der Waals surface area contributed by atoms with E-state index in [9.17, 15) is 4.79 Å². The van der Waals surface area contributed by atoms with Crippen LogP contribution in [0.4, 0.5) is 0 Å². The third-order valence-corrected chi connectivity index (χ3v) is 4.41. The molecule has 0 fully saturated rings. The number of rotatable bonds is 7. The second kappa shape index (κ2) is 8.63. The lowest BCUT2D eigenvalue weighted by molar-refractivity contribution is -0.127. The predicted octanol–water partition coefficient (Wildman–Crippen LogP) is 3.98. The van der Waals surface area contributed by atoms with Crippen molar-refractivity contribution in [3.8, 4) is 5.75 Å². The Morgan fingerprint density at radius 3 is 2.22 bits per heavy atom. The van der Waals surface area contributed by atoms with Crippen LogP contribution >= 0.6 is 11.8 Å². The van der Waals surface area contributed by atoms with E-state index in [4.69, 9.17) is 4.74 Å². The molecule has 0 unspecified atom stereocenters. The first kappa shape index (κ1) is 17.4. The molecule has 122 valence electrons. The number of amides is 1. The van der Waals surface area contributed by atoms with Crippen molar-refractivity contribution in [2.75, 3.05) is 12.3 Å². The summed E-state index contributed by atoms with van der Waals surface area (Å²) in [5, 5.41) is 2.91. The van der Waals surface area contributed by atoms with Gasteiger partial charge in [-0.25, -0.2) is 0 Å². The maximum atomic E-state index is 12.0. The number of ether oxygens (including phenoxy) is 1. The Balaban J connectivity index is 1.69. The maximum Gasteiger partial charge on any atom is 0.260 e. The van der Waals surface area contributed by atoms with Gasteiger partial charge < -0.3 is 10.1 Å². The molecule has 0 spiro atoms. The van der Waals surface area contributed by atoms with E-state index in [1.807, 2.05) is 31.2 Å². The Morgan fingerprint density at radius 2 is 1.61 bits per heavy atom. The summed E-state index contributed by atoms with van der Waals surface area (Å²) < 4.78 is 5.64. The van der Waals surface area contributed by atoms with Crippen molar-refractivity contribution in [2.45, 2.75) is 31.8 Å². The van der Waals surface area contributed by atoms with Gasteiger partial charge in [0.2, 0.25) is 0 Å². The summed E-state index contributed by atoms with van der Waals surface area (Å²) in [6.45, 7) is 6.48. The second-order valence-electron chi connectivity index (χ2n) is 5.53. The smallest absolute Gasteiger partial charge is 0.260 e. The number of carbonyl (C=O) groups is 1. The van der Waals surface area contributed by atoms with Gasteiger partial charge in [-0.15, -0.1) is 11.8 Å². The van der Waals surface area contributed by atoms with E-state index in [0.717, 1.165) is 5.75 Å². The highest BCUT2D eigenvalue weighted by atomic mass is 32.2. The van der Waals surface area contributed by atoms with Crippen LogP contribution in [0, 0.1) is 13.8 Å². The summed E-state index contributed by atoms with van der Waals surface area (Å²) in [5.41, 5.74) is 2.42. The van der Waals surface area contributed by atoms with Crippen LogP contribution < -0.4 is 10.1 Å². The van der Waals surface area contributed by atoms with Crippen LogP contribution in [-0.2, 0) is 4.79 Å². The molecular weight excluding hydrogens is 306 g/mol. The molecular formula is C19H23NO2S. The van der Waals surface area contributed by atoms with Gasteiger partial charge in [-0.1, -0.05) is 35.4 Å². The Kier molecular flexibility index (Phi) is 6.53. The zero-order valence-electron chi connectivity index (χ0n) is 13.8. The number of carbonyl (C=O) groups excluding carboxylic acids is 1. The molecule has 0 radical (unpaired) electrons. The molecule has 0 aliphatic heterocycles. The van der Waals surface area contributed by atoms with Gasteiger partial charge in [0.15, 0.2) is 6.10 Å². The number of aryl methyl sites for hydroxylation is 2. The Labute approximate surface area is 142 Å². The standard InChI is InChI=1S/C19H23NO2S/c1-14-4-8-17(9-5-14)22-16(3)19(21)20-12-13-23-18-10-6-15(2)7-11-18/h4-11,16H,12-13H2,1-3H3,(H,20,21)/t16-/m1/s1. The molecule has 0 saturated carbocycles. The van der Waals surface area contributed by atoms with E-state index >= 15 is 0 Å². The molecule has 0 saturated heterocycles. The van der Waals surface area contributed by atoms with Gasteiger partial charge in [0, 0.05) is 17.2 Å². The van der Waals surface area contributed by atoms with Gasteiger partial charge in [0.25, 0.3) is 5.91 Å². The molecule has 2 rings (SSSR count). The van der Waals surface area contributed by atoms with Crippen LogP contribution in [0.2, 0.25) is 0 Å². The summed E-state index contributed by atoms with van der Waals surface area (Å²) in [7, 11) is 0. The summed E-state index contributed by atoms with van der Waals surface area (Å²) in [4.78, 5) is 13.2. The first-order chi connectivity index (χ1) is 11.0. The molecule has 0 aromatic heterocycles. The highest BCUT2D eigenvalue weighted by Gasteiger charge is 2.13. The summed E-state index contributed by atoms with van der Waals surface area (Å²) in [6, 6.07) is 16.1. The molecule has 1 amide bonds. The number of thioether (sulfide) groups is 1. The number of hydrogen-bond donors (Lipinski definition) is 1. The van der Waals surface area contributed by atoms with E-state index < -0.39 is 6.10 Å². The Hall–Kier alpha value is -1.94. The summed E-state index contributed by atoms with van der Waals surface area (Å²) in [6.07, 6.45) is -0.498. The van der Waals surface area contributed by atoms with E-state index in [-0.39, 0.29) is 5.91 Å². The minimum absolute atomic E-state index is 0.0879. The zero-order chi connectivity index (χ0) is 16.7. The molecule has 4 heteroatoms. The number of nitrogens with one attached hydrogen (secondary N) is 1. The fourth-order valence-corrected chi connectivity index (χ4v) is 2.76. The molecule has 23 heavy (non-hydrogen) atoms. The molecule has 0 bridgehead atoms. The van der Waals surface area contributed by atoms with Crippen molar-refractivity contribution in [3.05, 3.63) is 59.7 Å². The SMILES string of the molecule is Cc1ccc(O[C@H](C)C(=O)NCCSc2ccc(C)cc2)cc1. The fourth-order valence-electron chi connectivity index (χ4n) is 2.00. The van der Waals surface area contributed by atoms with Crippen molar-refractivity contribution in [1.82, 2.24) is 5.32 Å². The highest BCUT2D eigenvalue weighted by molar-refractivity contribution is 7.99. The molecule has 3 nitrogen and oxygen atoms in total. The van der Waals surface area contributed by atoms with Crippen LogP contribution in [-0.4, -0.2) is 24.3 Å².